The zero-order valence-corrected chi connectivity index (χ0v) is 13.5. The van der Waals surface area contributed by atoms with Crippen LogP contribution in [0.25, 0.3) is 0 Å². The van der Waals surface area contributed by atoms with E-state index in [4.69, 9.17) is 9.47 Å². The van der Waals surface area contributed by atoms with E-state index in [9.17, 15) is 0 Å². The molecule has 0 amide bonds. The first-order chi connectivity index (χ1) is 10.9. The van der Waals surface area contributed by atoms with E-state index in [0.717, 1.165) is 52.4 Å². The number of ether oxygens (including phenoxy) is 2. The first-order valence-corrected chi connectivity index (χ1v) is 8.58. The zero-order chi connectivity index (χ0) is 15.0. The van der Waals surface area contributed by atoms with Gasteiger partial charge in [-0.2, -0.15) is 0 Å². The summed E-state index contributed by atoms with van der Waals surface area (Å²) in [5.41, 5.74) is 1.38. The number of benzene rings is 1. The first kappa shape index (κ1) is 15.9. The molecule has 3 rings (SSSR count). The van der Waals surface area contributed by atoms with Crippen molar-refractivity contribution in [1.29, 1.82) is 0 Å². The van der Waals surface area contributed by atoms with Gasteiger partial charge in [-0.3, -0.25) is 9.80 Å². The highest BCUT2D eigenvalue weighted by Crippen LogP contribution is 2.12. The van der Waals surface area contributed by atoms with E-state index >= 15 is 0 Å². The van der Waals surface area contributed by atoms with Gasteiger partial charge < -0.3 is 9.47 Å². The van der Waals surface area contributed by atoms with Gasteiger partial charge in [-0.25, -0.2) is 0 Å². The maximum Gasteiger partial charge on any atom is 0.0742 e. The van der Waals surface area contributed by atoms with Gasteiger partial charge in [0, 0.05) is 26.2 Å². The third kappa shape index (κ3) is 5.06. The molecule has 4 heteroatoms. The molecule has 0 N–H and O–H groups in total. The van der Waals surface area contributed by atoms with Gasteiger partial charge in [-0.05, 0) is 31.5 Å². The van der Waals surface area contributed by atoms with Crippen molar-refractivity contribution in [2.75, 3.05) is 59.1 Å². The van der Waals surface area contributed by atoms with Crippen LogP contribution in [0.4, 0.5) is 0 Å². The fraction of sp³-hybridized carbons (Fsp3) is 0.667. The van der Waals surface area contributed by atoms with Crippen LogP contribution in [-0.4, -0.2) is 75.0 Å². The lowest BCUT2D eigenvalue weighted by molar-refractivity contribution is -0.0293. The Morgan fingerprint density at radius 3 is 2.45 bits per heavy atom. The predicted octanol–water partition coefficient (Wildman–Crippen LogP) is 1.65. The predicted molar refractivity (Wildman–Crippen MR) is 88.2 cm³/mol. The van der Waals surface area contributed by atoms with Gasteiger partial charge in [0.2, 0.25) is 0 Å². The molecule has 1 atom stereocenters. The Bertz CT molecular complexity index is 420. The number of hydrogen-bond donors (Lipinski definition) is 0. The van der Waals surface area contributed by atoms with E-state index in [0.29, 0.717) is 6.10 Å². The molecule has 1 unspecified atom stereocenters. The molecule has 2 aliphatic heterocycles. The van der Waals surface area contributed by atoms with Crippen molar-refractivity contribution >= 4 is 0 Å². The molecule has 22 heavy (non-hydrogen) atoms. The van der Waals surface area contributed by atoms with Crippen LogP contribution in [0.3, 0.4) is 0 Å². The Kier molecular flexibility index (Phi) is 6.25. The molecule has 0 bridgehead atoms. The van der Waals surface area contributed by atoms with E-state index in [2.05, 4.69) is 40.1 Å². The Balaban J connectivity index is 1.37. The molecule has 0 aliphatic carbocycles. The minimum Gasteiger partial charge on any atom is -0.379 e. The number of morpholine rings is 2. The van der Waals surface area contributed by atoms with E-state index in [1.54, 1.807) is 0 Å². The average Bonchev–Trinajstić information content (AvgIpc) is 2.57. The Labute approximate surface area is 134 Å². The fourth-order valence-corrected chi connectivity index (χ4v) is 3.33. The summed E-state index contributed by atoms with van der Waals surface area (Å²) < 4.78 is 11.3. The normalized spacial score (nSPS) is 24.5. The van der Waals surface area contributed by atoms with Gasteiger partial charge in [0.25, 0.3) is 0 Å². The highest BCUT2D eigenvalue weighted by Gasteiger charge is 2.20. The molecule has 2 saturated heterocycles. The quantitative estimate of drug-likeness (QED) is 0.798. The average molecular weight is 304 g/mol. The highest BCUT2D eigenvalue weighted by molar-refractivity contribution is 5.15. The van der Waals surface area contributed by atoms with E-state index in [1.165, 1.54) is 25.1 Å². The van der Waals surface area contributed by atoms with Gasteiger partial charge in [-0.15, -0.1) is 0 Å². The summed E-state index contributed by atoms with van der Waals surface area (Å²) >= 11 is 0. The molecule has 0 radical (unpaired) electrons. The van der Waals surface area contributed by atoms with Gasteiger partial charge in [0.05, 0.1) is 25.9 Å². The van der Waals surface area contributed by atoms with Crippen molar-refractivity contribution in [2.45, 2.75) is 18.9 Å². The van der Waals surface area contributed by atoms with Gasteiger partial charge >= 0.3 is 0 Å². The Morgan fingerprint density at radius 1 is 0.909 bits per heavy atom. The van der Waals surface area contributed by atoms with Crippen molar-refractivity contribution < 1.29 is 9.47 Å². The molecule has 1 aromatic rings. The van der Waals surface area contributed by atoms with Crippen LogP contribution < -0.4 is 0 Å². The van der Waals surface area contributed by atoms with Crippen molar-refractivity contribution in [2.24, 2.45) is 0 Å². The summed E-state index contributed by atoms with van der Waals surface area (Å²) in [5, 5.41) is 0. The Hall–Kier alpha value is -0.940. The van der Waals surface area contributed by atoms with Crippen molar-refractivity contribution in [1.82, 2.24) is 9.80 Å². The molecule has 0 aromatic heterocycles. The molecular weight excluding hydrogens is 276 g/mol. The molecular formula is C18H28N2O2. The van der Waals surface area contributed by atoms with Gasteiger partial charge in [-0.1, -0.05) is 30.3 Å². The molecule has 2 fully saturated rings. The molecule has 0 saturated carbocycles. The van der Waals surface area contributed by atoms with Crippen molar-refractivity contribution in [3.05, 3.63) is 35.9 Å². The second kappa shape index (κ2) is 8.63. The molecule has 2 aliphatic rings. The maximum absolute atomic E-state index is 5.94. The van der Waals surface area contributed by atoms with Crippen LogP contribution in [0.2, 0.25) is 0 Å². The molecule has 0 spiro atoms. The van der Waals surface area contributed by atoms with Crippen LogP contribution in [0, 0.1) is 0 Å². The summed E-state index contributed by atoms with van der Waals surface area (Å²) in [6.45, 7) is 9.39. The van der Waals surface area contributed by atoms with Gasteiger partial charge in [0.15, 0.2) is 0 Å². The second-order valence-electron chi connectivity index (χ2n) is 6.29. The number of nitrogens with zero attached hydrogens (tertiary/aromatic N) is 2. The summed E-state index contributed by atoms with van der Waals surface area (Å²) in [6.07, 6.45) is 2.62. The highest BCUT2D eigenvalue weighted by atomic mass is 16.5. The fourth-order valence-electron chi connectivity index (χ4n) is 3.33. The van der Waals surface area contributed by atoms with Crippen LogP contribution in [0.5, 0.6) is 0 Å². The lowest BCUT2D eigenvalue weighted by atomic mass is 10.1. The minimum absolute atomic E-state index is 0.347. The number of rotatable bonds is 6. The summed E-state index contributed by atoms with van der Waals surface area (Å²) in [4.78, 5) is 5.09. The monoisotopic (exact) mass is 304 g/mol. The van der Waals surface area contributed by atoms with Crippen molar-refractivity contribution in [3.8, 4) is 0 Å². The van der Waals surface area contributed by atoms with E-state index < -0.39 is 0 Å². The lowest BCUT2D eigenvalue weighted by Crippen LogP contribution is -2.44. The molecule has 1 aromatic carbocycles. The van der Waals surface area contributed by atoms with Crippen LogP contribution in [0.1, 0.15) is 12.0 Å². The minimum atomic E-state index is 0.347. The van der Waals surface area contributed by atoms with Crippen LogP contribution in [-0.2, 0) is 15.9 Å². The standard InChI is InChI=1S/C18H28N2O2/c1-2-5-17(6-3-1)15-18-16-20(11-14-22-18)8-4-7-19-9-12-21-13-10-19/h1-3,5-6,18H,4,7-16H2. The van der Waals surface area contributed by atoms with Crippen LogP contribution in [0.15, 0.2) is 30.3 Å². The SMILES string of the molecule is c1ccc(CC2CN(CCCN3CCOCC3)CCO2)cc1. The second-order valence-corrected chi connectivity index (χ2v) is 6.29. The van der Waals surface area contributed by atoms with Crippen LogP contribution >= 0.6 is 0 Å². The first-order valence-electron chi connectivity index (χ1n) is 8.58. The molecule has 2 heterocycles. The summed E-state index contributed by atoms with van der Waals surface area (Å²) in [5.74, 6) is 0. The lowest BCUT2D eigenvalue weighted by Gasteiger charge is -2.34. The summed E-state index contributed by atoms with van der Waals surface area (Å²) in [6, 6.07) is 10.7. The smallest absolute Gasteiger partial charge is 0.0742 e. The third-order valence-corrected chi connectivity index (χ3v) is 4.58. The number of hydrogen-bond acceptors (Lipinski definition) is 4. The third-order valence-electron chi connectivity index (χ3n) is 4.58. The molecule has 122 valence electrons. The summed E-state index contributed by atoms with van der Waals surface area (Å²) in [7, 11) is 0. The van der Waals surface area contributed by atoms with E-state index in [-0.39, 0.29) is 0 Å². The Morgan fingerprint density at radius 2 is 1.64 bits per heavy atom. The topological polar surface area (TPSA) is 24.9 Å². The molecule has 4 nitrogen and oxygen atoms in total. The van der Waals surface area contributed by atoms with E-state index in [1.807, 2.05) is 0 Å². The zero-order valence-electron chi connectivity index (χ0n) is 13.5. The maximum atomic E-state index is 5.94. The van der Waals surface area contributed by atoms with Crippen molar-refractivity contribution in [3.63, 3.8) is 0 Å². The van der Waals surface area contributed by atoms with Gasteiger partial charge in [0.1, 0.15) is 0 Å². The largest absolute Gasteiger partial charge is 0.379 e.